The van der Waals surface area contributed by atoms with E-state index < -0.39 is 0 Å². The highest BCUT2D eigenvalue weighted by Gasteiger charge is 2.27. The van der Waals surface area contributed by atoms with Gasteiger partial charge in [0.1, 0.15) is 6.26 Å². The van der Waals surface area contributed by atoms with Crippen molar-refractivity contribution in [1.29, 1.82) is 0 Å². The van der Waals surface area contributed by atoms with Crippen molar-refractivity contribution in [2.24, 2.45) is 0 Å². The van der Waals surface area contributed by atoms with Gasteiger partial charge < -0.3 is 19.6 Å². The Labute approximate surface area is 165 Å². The van der Waals surface area contributed by atoms with Crippen molar-refractivity contribution in [1.82, 2.24) is 15.0 Å². The number of rotatable bonds is 9. The fourth-order valence-corrected chi connectivity index (χ4v) is 3.63. The average molecular weight is 384 g/mol. The number of nitrogens with zero attached hydrogens (tertiary/aromatic N) is 3. The van der Waals surface area contributed by atoms with E-state index in [-0.39, 0.29) is 24.3 Å². The Morgan fingerprint density at radius 2 is 1.96 bits per heavy atom. The number of carbonyl (C=O) groups excluding carboxylic acids is 2. The SMILES string of the molecule is CCC(C(=O)N(CCN1CCCC1)CC(=O)Nc1ccon1)c1ccccc1. The Morgan fingerprint density at radius 3 is 2.61 bits per heavy atom. The van der Waals surface area contributed by atoms with Crippen LogP contribution >= 0.6 is 0 Å². The zero-order valence-corrected chi connectivity index (χ0v) is 16.3. The van der Waals surface area contributed by atoms with E-state index in [9.17, 15) is 9.59 Å². The van der Waals surface area contributed by atoms with Crippen molar-refractivity contribution in [2.45, 2.75) is 32.1 Å². The molecule has 3 rings (SSSR count). The van der Waals surface area contributed by atoms with Crippen molar-refractivity contribution >= 4 is 17.6 Å². The van der Waals surface area contributed by atoms with Gasteiger partial charge in [0.2, 0.25) is 11.8 Å². The molecule has 2 amide bonds. The molecule has 1 aromatic carbocycles. The predicted molar refractivity (Wildman–Crippen MR) is 107 cm³/mol. The summed E-state index contributed by atoms with van der Waals surface area (Å²) >= 11 is 0. The molecule has 0 bridgehead atoms. The number of hydrogen-bond acceptors (Lipinski definition) is 5. The summed E-state index contributed by atoms with van der Waals surface area (Å²) in [7, 11) is 0. The smallest absolute Gasteiger partial charge is 0.245 e. The Bertz CT molecular complexity index is 742. The van der Waals surface area contributed by atoms with E-state index in [1.54, 1.807) is 11.0 Å². The van der Waals surface area contributed by atoms with Crippen LogP contribution in [0.1, 0.15) is 37.7 Å². The number of nitrogens with one attached hydrogen (secondary N) is 1. The molecule has 0 saturated carbocycles. The second-order valence-corrected chi connectivity index (χ2v) is 7.11. The highest BCUT2D eigenvalue weighted by molar-refractivity contribution is 5.94. The summed E-state index contributed by atoms with van der Waals surface area (Å²) in [5, 5.41) is 6.38. The van der Waals surface area contributed by atoms with Crippen LogP contribution in [0.2, 0.25) is 0 Å². The van der Waals surface area contributed by atoms with Gasteiger partial charge in [-0.2, -0.15) is 0 Å². The lowest BCUT2D eigenvalue weighted by molar-refractivity contribution is -0.136. The quantitative estimate of drug-likeness (QED) is 0.719. The van der Waals surface area contributed by atoms with Crippen molar-refractivity contribution < 1.29 is 14.1 Å². The first-order valence-electron chi connectivity index (χ1n) is 9.93. The second kappa shape index (κ2) is 10.0. The largest absolute Gasteiger partial charge is 0.363 e. The molecule has 2 heterocycles. The van der Waals surface area contributed by atoms with E-state index in [0.717, 1.165) is 25.2 Å². The first-order valence-corrected chi connectivity index (χ1v) is 9.93. The van der Waals surface area contributed by atoms with Gasteiger partial charge in [0.25, 0.3) is 0 Å². The van der Waals surface area contributed by atoms with Crippen LogP contribution in [0, 0.1) is 0 Å². The molecule has 1 aromatic heterocycles. The third kappa shape index (κ3) is 5.42. The molecule has 0 radical (unpaired) electrons. The van der Waals surface area contributed by atoms with Crippen LogP contribution in [0.3, 0.4) is 0 Å². The van der Waals surface area contributed by atoms with E-state index in [2.05, 4.69) is 15.4 Å². The number of hydrogen-bond donors (Lipinski definition) is 1. The molecule has 1 aliphatic rings. The van der Waals surface area contributed by atoms with E-state index in [4.69, 9.17) is 4.52 Å². The van der Waals surface area contributed by atoms with Crippen molar-refractivity contribution in [3.63, 3.8) is 0 Å². The number of carbonyl (C=O) groups is 2. The van der Waals surface area contributed by atoms with E-state index in [1.807, 2.05) is 37.3 Å². The fourth-order valence-electron chi connectivity index (χ4n) is 3.63. The molecule has 2 aromatic rings. The van der Waals surface area contributed by atoms with Gasteiger partial charge >= 0.3 is 0 Å². The van der Waals surface area contributed by atoms with Crippen LogP contribution in [0.15, 0.2) is 47.2 Å². The Morgan fingerprint density at radius 1 is 1.21 bits per heavy atom. The van der Waals surface area contributed by atoms with Gasteiger partial charge in [-0.1, -0.05) is 42.4 Å². The van der Waals surface area contributed by atoms with E-state index >= 15 is 0 Å². The van der Waals surface area contributed by atoms with Crippen LogP contribution in [0.4, 0.5) is 5.82 Å². The molecule has 1 fully saturated rings. The van der Waals surface area contributed by atoms with Crippen molar-refractivity contribution in [2.75, 3.05) is 38.0 Å². The zero-order valence-electron chi connectivity index (χ0n) is 16.3. The monoisotopic (exact) mass is 384 g/mol. The number of aromatic nitrogens is 1. The normalized spacial score (nSPS) is 15.3. The van der Waals surface area contributed by atoms with Gasteiger partial charge in [0, 0.05) is 19.2 Å². The van der Waals surface area contributed by atoms with Crippen molar-refractivity contribution in [3.05, 3.63) is 48.2 Å². The minimum atomic E-state index is -0.272. The fraction of sp³-hybridized carbons (Fsp3) is 0.476. The van der Waals surface area contributed by atoms with Crippen LogP contribution in [-0.2, 0) is 9.59 Å². The van der Waals surface area contributed by atoms with Crippen molar-refractivity contribution in [3.8, 4) is 0 Å². The van der Waals surface area contributed by atoms with Gasteiger partial charge in [-0.15, -0.1) is 0 Å². The molecule has 0 spiro atoms. The topological polar surface area (TPSA) is 78.7 Å². The predicted octanol–water partition coefficient (Wildman–Crippen LogP) is 2.73. The standard InChI is InChI=1S/C21H28N4O3/c1-2-18(17-8-4-3-5-9-17)21(27)25(14-13-24-11-6-7-12-24)16-20(26)22-19-10-15-28-23-19/h3-5,8-10,15,18H,2,6-7,11-14,16H2,1H3,(H,22,23,26). The molecule has 1 saturated heterocycles. The van der Waals surface area contributed by atoms with Gasteiger partial charge in [-0.3, -0.25) is 9.59 Å². The summed E-state index contributed by atoms with van der Waals surface area (Å²) in [4.78, 5) is 29.8. The summed E-state index contributed by atoms with van der Waals surface area (Å²) in [6, 6.07) is 11.3. The highest BCUT2D eigenvalue weighted by atomic mass is 16.5. The maximum Gasteiger partial charge on any atom is 0.245 e. The number of benzene rings is 1. The third-order valence-electron chi connectivity index (χ3n) is 5.14. The molecule has 1 unspecified atom stereocenters. The summed E-state index contributed by atoms with van der Waals surface area (Å²) in [6.45, 7) is 5.45. The Balaban J connectivity index is 1.69. The second-order valence-electron chi connectivity index (χ2n) is 7.11. The van der Waals surface area contributed by atoms with Gasteiger partial charge in [0.05, 0.1) is 12.5 Å². The van der Waals surface area contributed by atoms with Gasteiger partial charge in [-0.05, 0) is 37.9 Å². The molecule has 1 N–H and O–H groups in total. The lowest BCUT2D eigenvalue weighted by Crippen LogP contribution is -2.44. The van der Waals surface area contributed by atoms with Gasteiger partial charge in [0.15, 0.2) is 5.82 Å². The Hall–Kier alpha value is -2.67. The minimum Gasteiger partial charge on any atom is -0.363 e. The number of anilines is 1. The number of likely N-dealkylation sites (tertiary alicyclic amines) is 1. The molecule has 0 aliphatic carbocycles. The number of amides is 2. The lowest BCUT2D eigenvalue weighted by atomic mass is 9.95. The highest BCUT2D eigenvalue weighted by Crippen LogP contribution is 2.22. The molecule has 7 nitrogen and oxygen atoms in total. The molecule has 28 heavy (non-hydrogen) atoms. The van der Waals surface area contributed by atoms with Crippen LogP contribution < -0.4 is 5.32 Å². The molecule has 1 atom stereocenters. The summed E-state index contributed by atoms with van der Waals surface area (Å²) in [5.41, 5.74) is 0.984. The lowest BCUT2D eigenvalue weighted by Gasteiger charge is -2.28. The minimum absolute atomic E-state index is 0.00284. The average Bonchev–Trinajstić information content (AvgIpc) is 3.40. The zero-order chi connectivity index (χ0) is 19.8. The molecule has 1 aliphatic heterocycles. The van der Waals surface area contributed by atoms with Gasteiger partial charge in [-0.25, -0.2) is 0 Å². The van der Waals surface area contributed by atoms with Crippen LogP contribution in [0.5, 0.6) is 0 Å². The molecular formula is C21H28N4O3. The van der Waals surface area contributed by atoms with Crippen LogP contribution in [-0.4, -0.2) is 59.5 Å². The summed E-state index contributed by atoms with van der Waals surface area (Å²) < 4.78 is 4.74. The third-order valence-corrected chi connectivity index (χ3v) is 5.14. The molecule has 7 heteroatoms. The maximum atomic E-state index is 13.3. The maximum absolute atomic E-state index is 13.3. The first kappa shape index (κ1) is 20.1. The molecule has 150 valence electrons. The van der Waals surface area contributed by atoms with E-state index in [0.29, 0.717) is 18.8 Å². The summed E-state index contributed by atoms with van der Waals surface area (Å²) in [6.07, 6.45) is 4.48. The Kier molecular flexibility index (Phi) is 7.19. The molecular weight excluding hydrogens is 356 g/mol. The first-order chi connectivity index (χ1) is 13.7. The summed E-state index contributed by atoms with van der Waals surface area (Å²) in [5.74, 6) is -0.179. The van der Waals surface area contributed by atoms with E-state index in [1.165, 1.54) is 19.1 Å². The van der Waals surface area contributed by atoms with Crippen LogP contribution in [0.25, 0.3) is 0 Å².